The Morgan fingerprint density at radius 3 is 2.65 bits per heavy atom. The lowest BCUT2D eigenvalue weighted by Crippen LogP contribution is -2.51. The number of carbonyl (C=O) groups excluding carboxylic acids is 2. The predicted molar refractivity (Wildman–Crippen MR) is 67.5 cm³/mol. The molecule has 0 aromatic carbocycles. The van der Waals surface area contributed by atoms with Crippen LogP contribution >= 0.6 is 11.3 Å². The zero-order chi connectivity index (χ0) is 12.8. The molecular weight excluding hydrogens is 238 g/mol. The first-order chi connectivity index (χ1) is 8.00. The number of hydrogen-bond acceptors (Lipinski definition) is 3. The van der Waals surface area contributed by atoms with Gasteiger partial charge in [-0.05, 0) is 17.4 Å². The van der Waals surface area contributed by atoms with Crippen molar-refractivity contribution in [3.05, 3.63) is 22.4 Å². The fraction of sp³-hybridized carbons (Fsp3) is 0.455. The van der Waals surface area contributed by atoms with Crippen molar-refractivity contribution in [3.63, 3.8) is 0 Å². The maximum absolute atomic E-state index is 11.8. The molecule has 0 aliphatic carbocycles. The Morgan fingerprint density at radius 2 is 2.18 bits per heavy atom. The molecule has 1 aromatic heterocycles. The minimum absolute atomic E-state index is 0.00849. The minimum Gasteiger partial charge on any atom is -0.352 e. The second-order valence-electron chi connectivity index (χ2n) is 4.03. The summed E-state index contributed by atoms with van der Waals surface area (Å²) in [4.78, 5) is 23.7. The second-order valence-corrected chi connectivity index (χ2v) is 5.06. The lowest BCUT2D eigenvalue weighted by Gasteiger charge is -2.20. The Labute approximate surface area is 104 Å². The summed E-state index contributed by atoms with van der Waals surface area (Å²) in [6.07, 6.45) is 0. The van der Waals surface area contributed by atoms with Gasteiger partial charge in [0.1, 0.15) is 6.04 Å². The summed E-state index contributed by atoms with van der Waals surface area (Å²) in [5.74, 6) is -0.224. The van der Waals surface area contributed by atoms with Crippen LogP contribution in [0.5, 0.6) is 0 Å². The van der Waals surface area contributed by atoms with Gasteiger partial charge in [-0.3, -0.25) is 4.79 Å². The summed E-state index contributed by atoms with van der Waals surface area (Å²) in [6.45, 7) is 4.18. The van der Waals surface area contributed by atoms with Crippen molar-refractivity contribution < 1.29 is 9.59 Å². The summed E-state index contributed by atoms with van der Waals surface area (Å²) in [6, 6.07) is 2.59. The van der Waals surface area contributed by atoms with Gasteiger partial charge in [-0.2, -0.15) is 0 Å². The van der Waals surface area contributed by atoms with E-state index in [0.29, 0.717) is 6.54 Å². The molecular formula is C11H17N3O2S. The number of urea groups is 1. The SMILES string of the molecule is CC(C)[C@H](NC(N)=O)C(=O)NCc1cccs1. The van der Waals surface area contributed by atoms with Gasteiger partial charge >= 0.3 is 6.03 Å². The summed E-state index contributed by atoms with van der Waals surface area (Å²) in [7, 11) is 0. The predicted octanol–water partition coefficient (Wildman–Crippen LogP) is 1.06. The average Bonchev–Trinajstić information content (AvgIpc) is 2.74. The lowest BCUT2D eigenvalue weighted by atomic mass is 10.0. The van der Waals surface area contributed by atoms with Crippen molar-refractivity contribution in [2.45, 2.75) is 26.4 Å². The smallest absolute Gasteiger partial charge is 0.312 e. The van der Waals surface area contributed by atoms with E-state index in [2.05, 4.69) is 10.6 Å². The van der Waals surface area contributed by atoms with Gasteiger partial charge < -0.3 is 16.4 Å². The van der Waals surface area contributed by atoms with Crippen molar-refractivity contribution in [2.24, 2.45) is 11.7 Å². The zero-order valence-corrected chi connectivity index (χ0v) is 10.7. The maximum Gasteiger partial charge on any atom is 0.312 e. The first-order valence-corrected chi connectivity index (χ1v) is 6.24. The number of rotatable bonds is 5. The number of amides is 3. The number of hydrogen-bond donors (Lipinski definition) is 3. The Hall–Kier alpha value is -1.56. The molecule has 17 heavy (non-hydrogen) atoms. The molecule has 1 heterocycles. The normalized spacial score (nSPS) is 12.2. The number of carbonyl (C=O) groups is 2. The van der Waals surface area contributed by atoms with E-state index in [0.717, 1.165) is 4.88 Å². The lowest BCUT2D eigenvalue weighted by molar-refractivity contribution is -0.124. The van der Waals surface area contributed by atoms with Crippen molar-refractivity contribution in [3.8, 4) is 0 Å². The van der Waals surface area contributed by atoms with Crippen LogP contribution in [-0.2, 0) is 11.3 Å². The molecule has 1 rings (SSSR count). The summed E-state index contributed by atoms with van der Waals surface area (Å²) >= 11 is 1.57. The first kappa shape index (κ1) is 13.5. The third-order valence-corrected chi connectivity index (χ3v) is 3.14. The van der Waals surface area contributed by atoms with Gasteiger partial charge in [-0.1, -0.05) is 19.9 Å². The second kappa shape index (κ2) is 6.24. The first-order valence-electron chi connectivity index (χ1n) is 5.36. The van der Waals surface area contributed by atoms with Gasteiger partial charge in [0.2, 0.25) is 5.91 Å². The summed E-state index contributed by atoms with van der Waals surface area (Å²) in [5, 5.41) is 7.16. The van der Waals surface area contributed by atoms with E-state index in [9.17, 15) is 9.59 Å². The van der Waals surface area contributed by atoms with Gasteiger partial charge in [-0.15, -0.1) is 11.3 Å². The third-order valence-electron chi connectivity index (χ3n) is 2.26. The van der Waals surface area contributed by atoms with Gasteiger partial charge in [0.05, 0.1) is 6.54 Å². The van der Waals surface area contributed by atoms with Crippen LogP contribution in [-0.4, -0.2) is 18.0 Å². The molecule has 4 N–H and O–H groups in total. The molecule has 3 amide bonds. The molecule has 0 aliphatic heterocycles. The fourth-order valence-corrected chi connectivity index (χ4v) is 2.03. The minimum atomic E-state index is -0.685. The quantitative estimate of drug-likeness (QED) is 0.735. The molecule has 0 unspecified atom stereocenters. The van der Waals surface area contributed by atoms with Crippen molar-refractivity contribution in [1.82, 2.24) is 10.6 Å². The molecule has 0 radical (unpaired) electrons. The van der Waals surface area contributed by atoms with E-state index in [-0.39, 0.29) is 11.8 Å². The van der Waals surface area contributed by atoms with E-state index < -0.39 is 12.1 Å². The highest BCUT2D eigenvalue weighted by molar-refractivity contribution is 7.09. The van der Waals surface area contributed by atoms with E-state index >= 15 is 0 Å². The molecule has 1 atom stereocenters. The topological polar surface area (TPSA) is 84.2 Å². The average molecular weight is 255 g/mol. The van der Waals surface area contributed by atoms with Crippen LogP contribution in [0.2, 0.25) is 0 Å². The Kier molecular flexibility index (Phi) is 4.96. The van der Waals surface area contributed by atoms with Crippen LogP contribution < -0.4 is 16.4 Å². The van der Waals surface area contributed by atoms with Gasteiger partial charge in [0, 0.05) is 4.88 Å². The molecule has 6 heteroatoms. The molecule has 0 aliphatic rings. The van der Waals surface area contributed by atoms with E-state index in [1.54, 1.807) is 11.3 Å². The van der Waals surface area contributed by atoms with Crippen molar-refractivity contribution in [1.29, 1.82) is 0 Å². The molecule has 0 bridgehead atoms. The molecule has 0 saturated carbocycles. The van der Waals surface area contributed by atoms with E-state index in [4.69, 9.17) is 5.73 Å². The van der Waals surface area contributed by atoms with Crippen LogP contribution in [0, 0.1) is 5.92 Å². The van der Waals surface area contributed by atoms with Crippen LogP contribution in [0.4, 0.5) is 4.79 Å². The van der Waals surface area contributed by atoms with Crippen molar-refractivity contribution >= 4 is 23.3 Å². The van der Waals surface area contributed by atoms with Crippen LogP contribution in [0.15, 0.2) is 17.5 Å². The summed E-state index contributed by atoms with van der Waals surface area (Å²) in [5.41, 5.74) is 5.03. The Balaban J connectivity index is 2.50. The highest BCUT2D eigenvalue weighted by Gasteiger charge is 2.22. The van der Waals surface area contributed by atoms with Crippen molar-refractivity contribution in [2.75, 3.05) is 0 Å². The van der Waals surface area contributed by atoms with Gasteiger partial charge in [-0.25, -0.2) is 4.79 Å². The number of nitrogens with two attached hydrogens (primary N) is 1. The monoisotopic (exact) mass is 255 g/mol. The zero-order valence-electron chi connectivity index (χ0n) is 9.90. The number of nitrogens with one attached hydrogen (secondary N) is 2. The van der Waals surface area contributed by atoms with E-state index in [1.807, 2.05) is 31.4 Å². The number of primary amides is 1. The molecule has 0 saturated heterocycles. The summed E-state index contributed by atoms with van der Waals surface area (Å²) < 4.78 is 0. The highest BCUT2D eigenvalue weighted by Crippen LogP contribution is 2.08. The molecule has 0 spiro atoms. The van der Waals surface area contributed by atoms with Crippen LogP contribution in [0.3, 0.4) is 0 Å². The largest absolute Gasteiger partial charge is 0.352 e. The molecule has 1 aromatic rings. The standard InChI is InChI=1S/C11H17N3O2S/c1-7(2)9(14-11(12)16)10(15)13-6-8-4-3-5-17-8/h3-5,7,9H,6H2,1-2H3,(H,13,15)(H3,12,14,16)/t9-/m0/s1. The van der Waals surface area contributed by atoms with Crippen LogP contribution in [0.1, 0.15) is 18.7 Å². The van der Waals surface area contributed by atoms with E-state index in [1.165, 1.54) is 0 Å². The maximum atomic E-state index is 11.8. The molecule has 5 nitrogen and oxygen atoms in total. The Morgan fingerprint density at radius 1 is 1.47 bits per heavy atom. The van der Waals surface area contributed by atoms with Gasteiger partial charge in [0.15, 0.2) is 0 Å². The fourth-order valence-electron chi connectivity index (χ4n) is 1.39. The number of thiophene rings is 1. The molecule has 0 fully saturated rings. The van der Waals surface area contributed by atoms with Gasteiger partial charge in [0.25, 0.3) is 0 Å². The highest BCUT2D eigenvalue weighted by atomic mass is 32.1. The van der Waals surface area contributed by atoms with Crippen LogP contribution in [0.25, 0.3) is 0 Å². The molecule has 94 valence electrons. The third kappa shape index (κ3) is 4.44. The Bertz CT molecular complexity index is 376.